The summed E-state index contributed by atoms with van der Waals surface area (Å²) >= 11 is 0. The maximum Gasteiger partial charge on any atom is 0.0538 e. The second kappa shape index (κ2) is 3.69. The molecule has 0 bridgehead atoms. The van der Waals surface area contributed by atoms with Crippen LogP contribution in [-0.2, 0) is 7.05 Å². The Bertz CT molecular complexity index is 241. The average molecular weight is 168 g/mol. The number of aryl methyl sites for hydroxylation is 1. The highest BCUT2D eigenvalue weighted by Gasteiger charge is 2.14. The summed E-state index contributed by atoms with van der Waals surface area (Å²) in [5, 5.41) is 4.09. The van der Waals surface area contributed by atoms with E-state index in [0.29, 0.717) is 5.92 Å². The number of nitrogens with one attached hydrogen (secondary N) is 1. The second-order valence-electron chi connectivity index (χ2n) is 3.34. The largest absolute Gasteiger partial charge is 0.275 e. The van der Waals surface area contributed by atoms with Crippen molar-refractivity contribution in [1.82, 2.24) is 15.2 Å². The van der Waals surface area contributed by atoms with Crippen LogP contribution in [0.3, 0.4) is 0 Å². The highest BCUT2D eigenvalue weighted by Crippen LogP contribution is 2.19. The van der Waals surface area contributed by atoms with E-state index in [1.54, 1.807) is 4.68 Å². The van der Waals surface area contributed by atoms with E-state index >= 15 is 0 Å². The summed E-state index contributed by atoms with van der Waals surface area (Å²) in [5.41, 5.74) is 3.91. The molecule has 4 heteroatoms. The van der Waals surface area contributed by atoms with E-state index in [1.165, 1.54) is 0 Å². The minimum absolute atomic E-state index is 0.193. The van der Waals surface area contributed by atoms with Gasteiger partial charge in [-0.3, -0.25) is 16.0 Å². The standard InChI is InChI=1S/C8H16N4/c1-6(2)8(11-9)7-4-10-12(3)5-7/h4-6,8,11H,9H2,1-3H3. The van der Waals surface area contributed by atoms with E-state index in [9.17, 15) is 0 Å². The number of hydrogen-bond donors (Lipinski definition) is 2. The number of rotatable bonds is 3. The third kappa shape index (κ3) is 1.84. The van der Waals surface area contributed by atoms with Gasteiger partial charge in [-0.1, -0.05) is 13.8 Å². The summed E-state index contributed by atoms with van der Waals surface area (Å²) in [5.74, 6) is 5.90. The number of hydrogen-bond acceptors (Lipinski definition) is 3. The van der Waals surface area contributed by atoms with Crippen molar-refractivity contribution < 1.29 is 0 Å². The highest BCUT2D eigenvalue weighted by molar-refractivity contribution is 5.10. The lowest BCUT2D eigenvalue weighted by molar-refractivity contribution is 0.421. The second-order valence-corrected chi connectivity index (χ2v) is 3.34. The molecule has 0 radical (unpaired) electrons. The van der Waals surface area contributed by atoms with Gasteiger partial charge in [0.25, 0.3) is 0 Å². The van der Waals surface area contributed by atoms with Crippen molar-refractivity contribution >= 4 is 0 Å². The summed E-state index contributed by atoms with van der Waals surface area (Å²) < 4.78 is 1.78. The molecule has 1 unspecified atom stereocenters. The number of aromatic nitrogens is 2. The van der Waals surface area contributed by atoms with Gasteiger partial charge in [-0.05, 0) is 5.92 Å². The first-order chi connectivity index (χ1) is 5.65. The first kappa shape index (κ1) is 9.22. The lowest BCUT2D eigenvalue weighted by Crippen LogP contribution is -2.31. The van der Waals surface area contributed by atoms with Gasteiger partial charge >= 0.3 is 0 Å². The van der Waals surface area contributed by atoms with Gasteiger partial charge in [0.1, 0.15) is 0 Å². The molecule has 0 aliphatic heterocycles. The van der Waals surface area contributed by atoms with Crippen LogP contribution in [0.2, 0.25) is 0 Å². The third-order valence-corrected chi connectivity index (χ3v) is 1.93. The Kier molecular flexibility index (Phi) is 2.83. The molecule has 0 fully saturated rings. The fraction of sp³-hybridized carbons (Fsp3) is 0.625. The van der Waals surface area contributed by atoms with Gasteiger partial charge in [0.15, 0.2) is 0 Å². The van der Waals surface area contributed by atoms with Gasteiger partial charge in [0, 0.05) is 18.8 Å². The van der Waals surface area contributed by atoms with Gasteiger partial charge in [0.2, 0.25) is 0 Å². The molecule has 1 aromatic rings. The summed E-state index contributed by atoms with van der Waals surface area (Å²) in [4.78, 5) is 0. The molecule has 1 atom stereocenters. The van der Waals surface area contributed by atoms with Gasteiger partial charge in [-0.15, -0.1) is 0 Å². The quantitative estimate of drug-likeness (QED) is 0.513. The average Bonchev–Trinajstić information content (AvgIpc) is 2.37. The molecule has 0 aliphatic rings. The Morgan fingerprint density at radius 2 is 2.25 bits per heavy atom. The van der Waals surface area contributed by atoms with Crippen molar-refractivity contribution in [2.24, 2.45) is 18.8 Å². The van der Waals surface area contributed by atoms with E-state index in [4.69, 9.17) is 5.84 Å². The first-order valence-electron chi connectivity index (χ1n) is 4.10. The normalized spacial score (nSPS) is 13.8. The third-order valence-electron chi connectivity index (χ3n) is 1.93. The van der Waals surface area contributed by atoms with Gasteiger partial charge in [-0.2, -0.15) is 5.10 Å². The van der Waals surface area contributed by atoms with E-state index in [-0.39, 0.29) is 6.04 Å². The molecule has 68 valence electrons. The summed E-state index contributed by atoms with van der Waals surface area (Å²) in [6.07, 6.45) is 3.81. The zero-order chi connectivity index (χ0) is 9.14. The van der Waals surface area contributed by atoms with Crippen LogP contribution < -0.4 is 11.3 Å². The fourth-order valence-corrected chi connectivity index (χ4v) is 1.27. The summed E-state index contributed by atoms with van der Waals surface area (Å²) in [6.45, 7) is 4.25. The van der Waals surface area contributed by atoms with Crippen LogP contribution in [0.5, 0.6) is 0 Å². The van der Waals surface area contributed by atoms with E-state index in [1.807, 2.05) is 19.4 Å². The van der Waals surface area contributed by atoms with Crippen LogP contribution in [0.25, 0.3) is 0 Å². The molecule has 3 N–H and O–H groups in total. The van der Waals surface area contributed by atoms with Crippen LogP contribution >= 0.6 is 0 Å². The predicted octanol–water partition coefficient (Wildman–Crippen LogP) is 0.580. The first-order valence-corrected chi connectivity index (χ1v) is 4.10. The van der Waals surface area contributed by atoms with Crippen molar-refractivity contribution in [3.63, 3.8) is 0 Å². The molecular formula is C8H16N4. The smallest absolute Gasteiger partial charge is 0.0538 e. The van der Waals surface area contributed by atoms with Gasteiger partial charge in [0.05, 0.1) is 12.2 Å². The Balaban J connectivity index is 2.80. The Morgan fingerprint density at radius 1 is 1.58 bits per heavy atom. The van der Waals surface area contributed by atoms with Crippen LogP contribution in [0.4, 0.5) is 0 Å². The predicted molar refractivity (Wildman–Crippen MR) is 48.1 cm³/mol. The van der Waals surface area contributed by atoms with Crippen LogP contribution in [0.15, 0.2) is 12.4 Å². The van der Waals surface area contributed by atoms with Crippen molar-refractivity contribution in [3.05, 3.63) is 18.0 Å². The van der Waals surface area contributed by atoms with Crippen LogP contribution in [0.1, 0.15) is 25.5 Å². The number of nitrogens with two attached hydrogens (primary N) is 1. The zero-order valence-electron chi connectivity index (χ0n) is 7.78. The van der Waals surface area contributed by atoms with Crippen LogP contribution in [0, 0.1) is 5.92 Å². The highest BCUT2D eigenvalue weighted by atomic mass is 15.3. The van der Waals surface area contributed by atoms with Crippen molar-refractivity contribution in [1.29, 1.82) is 0 Å². The molecule has 12 heavy (non-hydrogen) atoms. The Morgan fingerprint density at radius 3 is 2.58 bits per heavy atom. The Labute approximate surface area is 72.7 Å². The van der Waals surface area contributed by atoms with Crippen molar-refractivity contribution in [3.8, 4) is 0 Å². The van der Waals surface area contributed by atoms with E-state index < -0.39 is 0 Å². The number of nitrogens with zero attached hydrogens (tertiary/aromatic N) is 2. The Hall–Kier alpha value is -0.870. The minimum Gasteiger partial charge on any atom is -0.275 e. The van der Waals surface area contributed by atoms with E-state index in [2.05, 4.69) is 24.4 Å². The van der Waals surface area contributed by atoms with E-state index in [0.717, 1.165) is 5.56 Å². The molecule has 4 nitrogen and oxygen atoms in total. The molecule has 1 rings (SSSR count). The van der Waals surface area contributed by atoms with Crippen molar-refractivity contribution in [2.75, 3.05) is 0 Å². The summed E-state index contributed by atoms with van der Waals surface area (Å²) in [6, 6.07) is 0.193. The van der Waals surface area contributed by atoms with Gasteiger partial charge in [-0.25, -0.2) is 0 Å². The van der Waals surface area contributed by atoms with Crippen LogP contribution in [-0.4, -0.2) is 9.78 Å². The topological polar surface area (TPSA) is 55.9 Å². The molecule has 0 aliphatic carbocycles. The molecule has 1 heterocycles. The fourth-order valence-electron chi connectivity index (χ4n) is 1.27. The maximum absolute atomic E-state index is 5.43. The molecule has 0 spiro atoms. The molecular weight excluding hydrogens is 152 g/mol. The molecule has 0 saturated heterocycles. The van der Waals surface area contributed by atoms with Gasteiger partial charge < -0.3 is 0 Å². The number of hydrazine groups is 1. The monoisotopic (exact) mass is 168 g/mol. The lowest BCUT2D eigenvalue weighted by Gasteiger charge is -2.17. The molecule has 0 aromatic carbocycles. The zero-order valence-corrected chi connectivity index (χ0v) is 7.78. The molecule has 1 aromatic heterocycles. The lowest BCUT2D eigenvalue weighted by atomic mass is 10.00. The summed E-state index contributed by atoms with van der Waals surface area (Å²) in [7, 11) is 1.90. The molecule has 0 amide bonds. The SMILES string of the molecule is CC(C)C(NN)c1cnn(C)c1. The van der Waals surface area contributed by atoms with Crippen molar-refractivity contribution in [2.45, 2.75) is 19.9 Å². The minimum atomic E-state index is 0.193. The maximum atomic E-state index is 5.43. The molecule has 0 saturated carbocycles.